The van der Waals surface area contributed by atoms with E-state index in [4.69, 9.17) is 15.2 Å². The van der Waals surface area contributed by atoms with Crippen LogP contribution in [0.3, 0.4) is 0 Å². The van der Waals surface area contributed by atoms with Gasteiger partial charge < -0.3 is 20.5 Å². The number of nitrogens with two attached hydrogens (primary N) is 1. The molecular formula is C16H18N2O3. The number of nitrogens with one attached hydrogen (secondary N) is 1. The average molecular weight is 286 g/mol. The maximum atomic E-state index is 12.1. The van der Waals surface area contributed by atoms with Gasteiger partial charge in [0.15, 0.2) is 0 Å². The molecule has 5 heteroatoms. The van der Waals surface area contributed by atoms with Crippen molar-refractivity contribution in [1.82, 2.24) is 0 Å². The third kappa shape index (κ3) is 3.66. The summed E-state index contributed by atoms with van der Waals surface area (Å²) in [5.74, 6) is 1.05. The molecule has 5 nitrogen and oxygen atoms in total. The molecule has 0 saturated heterocycles. The lowest BCUT2D eigenvalue weighted by molar-refractivity contribution is -0.115. The van der Waals surface area contributed by atoms with Gasteiger partial charge in [0.25, 0.3) is 0 Å². The van der Waals surface area contributed by atoms with E-state index in [9.17, 15) is 4.79 Å². The molecule has 0 fully saturated rings. The van der Waals surface area contributed by atoms with Crippen molar-refractivity contribution in [3.05, 3.63) is 48.0 Å². The molecule has 110 valence electrons. The summed E-state index contributed by atoms with van der Waals surface area (Å²) in [6, 6.07) is 12.5. The number of para-hydroxylation sites is 1. The fourth-order valence-corrected chi connectivity index (χ4v) is 1.96. The minimum atomic E-state index is -0.156. The molecule has 0 bridgehead atoms. The molecule has 3 N–H and O–H groups in total. The van der Waals surface area contributed by atoms with Crippen LogP contribution in [0.2, 0.25) is 0 Å². The molecule has 0 aromatic heterocycles. The third-order valence-electron chi connectivity index (χ3n) is 3.09. The van der Waals surface area contributed by atoms with Gasteiger partial charge in [-0.05, 0) is 23.8 Å². The summed E-state index contributed by atoms with van der Waals surface area (Å²) in [6.45, 7) is 0. The van der Waals surface area contributed by atoms with Crippen molar-refractivity contribution in [2.45, 2.75) is 6.42 Å². The molecular weight excluding hydrogens is 268 g/mol. The van der Waals surface area contributed by atoms with Gasteiger partial charge in [0.2, 0.25) is 5.91 Å². The SMILES string of the molecule is COc1ccc(NC(=O)Cc2ccccc2N)c(OC)c1. The lowest BCUT2D eigenvalue weighted by Gasteiger charge is -2.12. The number of hydrogen-bond acceptors (Lipinski definition) is 4. The lowest BCUT2D eigenvalue weighted by atomic mass is 10.1. The predicted molar refractivity (Wildman–Crippen MR) is 82.7 cm³/mol. The number of hydrogen-bond donors (Lipinski definition) is 2. The highest BCUT2D eigenvalue weighted by Crippen LogP contribution is 2.29. The molecule has 2 rings (SSSR count). The van der Waals surface area contributed by atoms with Crippen LogP contribution in [0, 0.1) is 0 Å². The van der Waals surface area contributed by atoms with E-state index in [-0.39, 0.29) is 12.3 Å². The Morgan fingerprint density at radius 1 is 1.14 bits per heavy atom. The molecule has 0 atom stereocenters. The summed E-state index contributed by atoms with van der Waals surface area (Å²) in [5, 5.41) is 2.81. The molecule has 0 unspecified atom stereocenters. The molecule has 1 amide bonds. The maximum absolute atomic E-state index is 12.1. The number of methoxy groups -OCH3 is 2. The first-order valence-electron chi connectivity index (χ1n) is 6.49. The Kier molecular flexibility index (Phi) is 4.66. The highest BCUT2D eigenvalue weighted by molar-refractivity contribution is 5.94. The zero-order valence-corrected chi connectivity index (χ0v) is 12.1. The highest BCUT2D eigenvalue weighted by Gasteiger charge is 2.10. The molecule has 0 heterocycles. The second-order valence-corrected chi connectivity index (χ2v) is 4.49. The van der Waals surface area contributed by atoms with Crippen LogP contribution < -0.4 is 20.5 Å². The van der Waals surface area contributed by atoms with Crippen LogP contribution in [0.5, 0.6) is 11.5 Å². The van der Waals surface area contributed by atoms with Gasteiger partial charge in [-0.25, -0.2) is 0 Å². The smallest absolute Gasteiger partial charge is 0.228 e. The number of anilines is 2. The normalized spacial score (nSPS) is 10.0. The first-order valence-corrected chi connectivity index (χ1v) is 6.49. The Hall–Kier alpha value is -2.69. The Morgan fingerprint density at radius 2 is 1.90 bits per heavy atom. The first-order chi connectivity index (χ1) is 10.1. The number of nitrogen functional groups attached to an aromatic ring is 1. The van der Waals surface area contributed by atoms with Crippen LogP contribution in [-0.2, 0) is 11.2 Å². The van der Waals surface area contributed by atoms with Crippen molar-refractivity contribution in [2.24, 2.45) is 0 Å². The molecule has 2 aromatic carbocycles. The molecule has 21 heavy (non-hydrogen) atoms. The molecule has 0 spiro atoms. The molecule has 2 aromatic rings. The van der Waals surface area contributed by atoms with E-state index in [1.54, 1.807) is 38.5 Å². The first kappa shape index (κ1) is 14.7. The average Bonchev–Trinajstić information content (AvgIpc) is 2.50. The summed E-state index contributed by atoms with van der Waals surface area (Å²) in [5.41, 5.74) is 7.83. The number of benzene rings is 2. The largest absolute Gasteiger partial charge is 0.497 e. The summed E-state index contributed by atoms with van der Waals surface area (Å²) < 4.78 is 10.4. The second-order valence-electron chi connectivity index (χ2n) is 4.49. The van der Waals surface area contributed by atoms with E-state index >= 15 is 0 Å². The van der Waals surface area contributed by atoms with Crippen molar-refractivity contribution in [3.8, 4) is 11.5 Å². The van der Waals surface area contributed by atoms with Gasteiger partial charge in [0.05, 0.1) is 26.3 Å². The van der Waals surface area contributed by atoms with Crippen LogP contribution in [0.1, 0.15) is 5.56 Å². The summed E-state index contributed by atoms with van der Waals surface area (Å²) in [7, 11) is 3.12. The van der Waals surface area contributed by atoms with Gasteiger partial charge >= 0.3 is 0 Å². The van der Waals surface area contributed by atoms with Crippen LogP contribution in [0.15, 0.2) is 42.5 Å². The zero-order chi connectivity index (χ0) is 15.2. The van der Waals surface area contributed by atoms with Gasteiger partial charge in [-0.2, -0.15) is 0 Å². The fourth-order valence-electron chi connectivity index (χ4n) is 1.96. The second kappa shape index (κ2) is 6.65. The lowest BCUT2D eigenvalue weighted by Crippen LogP contribution is -2.15. The van der Waals surface area contributed by atoms with Gasteiger partial charge in [-0.3, -0.25) is 4.79 Å². The quantitative estimate of drug-likeness (QED) is 0.828. The molecule has 0 radical (unpaired) electrons. The third-order valence-corrected chi connectivity index (χ3v) is 3.09. The van der Waals surface area contributed by atoms with E-state index in [2.05, 4.69) is 5.32 Å². The van der Waals surface area contributed by atoms with E-state index in [0.717, 1.165) is 5.56 Å². The van der Waals surface area contributed by atoms with Crippen LogP contribution in [-0.4, -0.2) is 20.1 Å². The zero-order valence-electron chi connectivity index (χ0n) is 12.1. The number of carbonyl (C=O) groups is 1. The number of amides is 1. The number of carbonyl (C=O) groups excluding carboxylic acids is 1. The standard InChI is InChI=1S/C16H18N2O3/c1-20-12-7-8-14(15(10-12)21-2)18-16(19)9-11-5-3-4-6-13(11)17/h3-8,10H,9,17H2,1-2H3,(H,18,19). The topological polar surface area (TPSA) is 73.6 Å². The van der Waals surface area contributed by atoms with Crippen LogP contribution in [0.25, 0.3) is 0 Å². The minimum Gasteiger partial charge on any atom is -0.497 e. The van der Waals surface area contributed by atoms with Crippen LogP contribution >= 0.6 is 0 Å². The van der Waals surface area contributed by atoms with Crippen molar-refractivity contribution < 1.29 is 14.3 Å². The van der Waals surface area contributed by atoms with E-state index in [1.165, 1.54) is 0 Å². The van der Waals surface area contributed by atoms with E-state index in [0.29, 0.717) is 22.9 Å². The Morgan fingerprint density at radius 3 is 2.57 bits per heavy atom. The monoisotopic (exact) mass is 286 g/mol. The molecule has 0 aliphatic carbocycles. The maximum Gasteiger partial charge on any atom is 0.228 e. The molecule has 0 saturated carbocycles. The molecule has 0 aliphatic rings. The van der Waals surface area contributed by atoms with Crippen molar-refractivity contribution in [1.29, 1.82) is 0 Å². The molecule has 0 aliphatic heterocycles. The van der Waals surface area contributed by atoms with Gasteiger partial charge in [-0.1, -0.05) is 18.2 Å². The Labute approximate surface area is 123 Å². The Bertz CT molecular complexity index is 641. The van der Waals surface area contributed by atoms with E-state index in [1.807, 2.05) is 18.2 Å². The number of rotatable bonds is 5. The van der Waals surface area contributed by atoms with Crippen LogP contribution in [0.4, 0.5) is 11.4 Å². The highest BCUT2D eigenvalue weighted by atomic mass is 16.5. The Balaban J connectivity index is 2.11. The van der Waals surface area contributed by atoms with Gasteiger partial charge in [0, 0.05) is 11.8 Å². The van der Waals surface area contributed by atoms with Crippen molar-refractivity contribution >= 4 is 17.3 Å². The fraction of sp³-hybridized carbons (Fsp3) is 0.188. The predicted octanol–water partition coefficient (Wildman–Crippen LogP) is 2.47. The summed E-state index contributed by atoms with van der Waals surface area (Å²) in [6.07, 6.45) is 0.210. The van der Waals surface area contributed by atoms with E-state index < -0.39 is 0 Å². The van der Waals surface area contributed by atoms with Gasteiger partial charge in [0.1, 0.15) is 11.5 Å². The summed E-state index contributed by atoms with van der Waals surface area (Å²) >= 11 is 0. The minimum absolute atomic E-state index is 0.156. The summed E-state index contributed by atoms with van der Waals surface area (Å²) in [4.78, 5) is 12.1. The van der Waals surface area contributed by atoms with Crippen molar-refractivity contribution in [2.75, 3.05) is 25.3 Å². The van der Waals surface area contributed by atoms with Gasteiger partial charge in [-0.15, -0.1) is 0 Å². The van der Waals surface area contributed by atoms with Crippen molar-refractivity contribution in [3.63, 3.8) is 0 Å². The number of ether oxygens (including phenoxy) is 2.